The van der Waals surface area contributed by atoms with Crippen LogP contribution in [0.4, 0.5) is 4.79 Å². The number of aryl methyl sites for hydroxylation is 2. The lowest BCUT2D eigenvalue weighted by Crippen LogP contribution is -2.54. The van der Waals surface area contributed by atoms with E-state index in [4.69, 9.17) is 9.47 Å². The Bertz CT molecular complexity index is 911. The van der Waals surface area contributed by atoms with Gasteiger partial charge in [-0.05, 0) is 64.7 Å². The largest absolute Gasteiger partial charge is 0.466 e. The Hall–Kier alpha value is -2.75. The second-order valence-corrected chi connectivity index (χ2v) is 10.2. The number of hydrogen-bond donors (Lipinski definition) is 3. The number of nitrogens with zero attached hydrogens (tertiary/aromatic N) is 1. The van der Waals surface area contributed by atoms with Crippen LogP contribution in [0.5, 0.6) is 0 Å². The predicted octanol–water partition coefficient (Wildman–Crippen LogP) is 3.87. The van der Waals surface area contributed by atoms with Crippen molar-refractivity contribution in [2.75, 3.05) is 25.4 Å². The summed E-state index contributed by atoms with van der Waals surface area (Å²) in [6, 6.07) is 3.69. The van der Waals surface area contributed by atoms with Crippen molar-refractivity contribution in [3.63, 3.8) is 0 Å². The summed E-state index contributed by atoms with van der Waals surface area (Å²) < 4.78 is 10.3. The van der Waals surface area contributed by atoms with Gasteiger partial charge in [0.05, 0.1) is 13.0 Å². The third-order valence-corrected chi connectivity index (χ3v) is 5.88. The Labute approximate surface area is 226 Å². The molecule has 2 atom stereocenters. The monoisotopic (exact) mass is 537 g/mol. The second kappa shape index (κ2) is 15.5. The summed E-state index contributed by atoms with van der Waals surface area (Å²) in [6.07, 6.45) is 0.715. The fourth-order valence-corrected chi connectivity index (χ4v) is 4.08. The zero-order valence-electron chi connectivity index (χ0n) is 23.2. The number of ether oxygens (including phenoxy) is 2. The quantitative estimate of drug-likeness (QED) is 0.260. The van der Waals surface area contributed by atoms with Crippen molar-refractivity contribution in [3.8, 4) is 0 Å². The minimum Gasteiger partial charge on any atom is -0.466 e. The topological polar surface area (TPSA) is 114 Å². The van der Waals surface area contributed by atoms with E-state index in [0.717, 1.165) is 17.5 Å². The zero-order chi connectivity index (χ0) is 28.2. The molecule has 10 heteroatoms. The van der Waals surface area contributed by atoms with Crippen molar-refractivity contribution in [2.24, 2.45) is 0 Å². The lowest BCUT2D eigenvalue weighted by molar-refractivity contribution is -0.144. The average Bonchev–Trinajstić information content (AvgIpc) is 2.80. The normalized spacial score (nSPS) is 12.8. The van der Waals surface area contributed by atoms with Gasteiger partial charge in [0.2, 0.25) is 11.8 Å². The Morgan fingerprint density at radius 2 is 1.70 bits per heavy atom. The van der Waals surface area contributed by atoms with Crippen molar-refractivity contribution >= 4 is 36.5 Å². The van der Waals surface area contributed by atoms with Crippen LogP contribution in [-0.4, -0.2) is 65.9 Å². The minimum atomic E-state index is -1.01. The maximum absolute atomic E-state index is 13.8. The van der Waals surface area contributed by atoms with E-state index in [1.54, 1.807) is 27.7 Å². The Morgan fingerprint density at radius 3 is 2.22 bits per heavy atom. The first-order chi connectivity index (χ1) is 17.4. The summed E-state index contributed by atoms with van der Waals surface area (Å²) in [5.74, 6) is -1.25. The molecule has 37 heavy (non-hydrogen) atoms. The van der Waals surface area contributed by atoms with Gasteiger partial charge in [0, 0.05) is 18.8 Å². The molecule has 0 bridgehead atoms. The molecule has 2 unspecified atom stereocenters. The van der Waals surface area contributed by atoms with Crippen molar-refractivity contribution in [2.45, 2.75) is 85.4 Å². The van der Waals surface area contributed by atoms with Gasteiger partial charge in [-0.3, -0.25) is 14.4 Å². The number of unbranched alkanes of at least 4 members (excludes halogenated alkanes) is 1. The van der Waals surface area contributed by atoms with Crippen molar-refractivity contribution in [1.29, 1.82) is 0 Å². The average molecular weight is 538 g/mol. The van der Waals surface area contributed by atoms with E-state index in [1.807, 2.05) is 39.0 Å². The van der Waals surface area contributed by atoms with Gasteiger partial charge in [-0.1, -0.05) is 31.5 Å². The van der Waals surface area contributed by atoms with E-state index in [-0.39, 0.29) is 25.3 Å². The minimum absolute atomic E-state index is 0.0153. The zero-order valence-corrected chi connectivity index (χ0v) is 24.1. The number of nitrogens with one attached hydrogen (secondary N) is 2. The first-order valence-corrected chi connectivity index (χ1v) is 13.4. The Kier molecular flexibility index (Phi) is 13.5. The van der Waals surface area contributed by atoms with Crippen LogP contribution >= 0.6 is 12.6 Å². The first-order valence-electron chi connectivity index (χ1n) is 12.8. The van der Waals surface area contributed by atoms with E-state index < -0.39 is 41.6 Å². The van der Waals surface area contributed by atoms with Crippen molar-refractivity contribution < 1.29 is 28.7 Å². The molecular weight excluding hydrogens is 494 g/mol. The molecule has 0 saturated heterocycles. The molecule has 9 nitrogen and oxygen atoms in total. The highest BCUT2D eigenvalue weighted by Crippen LogP contribution is 2.29. The van der Waals surface area contributed by atoms with E-state index in [1.165, 1.54) is 4.90 Å². The van der Waals surface area contributed by atoms with Crippen molar-refractivity contribution in [3.05, 3.63) is 34.9 Å². The summed E-state index contributed by atoms with van der Waals surface area (Å²) >= 11 is 4.30. The highest BCUT2D eigenvalue weighted by molar-refractivity contribution is 7.80. The molecule has 0 aliphatic carbocycles. The molecule has 1 rings (SSSR count). The fourth-order valence-electron chi connectivity index (χ4n) is 3.84. The molecule has 208 valence electrons. The Morgan fingerprint density at radius 1 is 1.08 bits per heavy atom. The van der Waals surface area contributed by atoms with E-state index in [2.05, 4.69) is 23.3 Å². The number of thiol groups is 1. The fraction of sp³-hybridized carbons (Fsp3) is 0.630. The number of alkyl carbamates (subject to hydrolysis) is 1. The molecule has 0 radical (unpaired) electrons. The number of hydrogen-bond acceptors (Lipinski definition) is 7. The van der Waals surface area contributed by atoms with Crippen LogP contribution in [0.25, 0.3) is 0 Å². The molecule has 2 N–H and O–H groups in total. The molecule has 1 aromatic rings. The second-order valence-electron chi connectivity index (χ2n) is 9.82. The van der Waals surface area contributed by atoms with Gasteiger partial charge in [0.25, 0.3) is 0 Å². The van der Waals surface area contributed by atoms with Crippen LogP contribution in [0.1, 0.15) is 76.6 Å². The van der Waals surface area contributed by atoms with Crippen LogP contribution in [0, 0.1) is 13.8 Å². The summed E-state index contributed by atoms with van der Waals surface area (Å²) in [4.78, 5) is 53.2. The van der Waals surface area contributed by atoms with Crippen LogP contribution < -0.4 is 10.6 Å². The van der Waals surface area contributed by atoms with Crippen molar-refractivity contribution in [1.82, 2.24) is 15.5 Å². The molecule has 0 aliphatic heterocycles. The highest BCUT2D eigenvalue weighted by atomic mass is 32.1. The molecule has 0 saturated carbocycles. The lowest BCUT2D eigenvalue weighted by Gasteiger charge is -2.35. The molecule has 0 aromatic heterocycles. The number of benzene rings is 1. The number of carbonyl (C=O) groups is 4. The lowest BCUT2D eigenvalue weighted by atomic mass is 9.93. The smallest absolute Gasteiger partial charge is 0.408 e. The number of rotatable bonds is 13. The van der Waals surface area contributed by atoms with Crippen LogP contribution in [0.2, 0.25) is 0 Å². The highest BCUT2D eigenvalue weighted by Gasteiger charge is 2.36. The third-order valence-electron chi connectivity index (χ3n) is 5.52. The maximum Gasteiger partial charge on any atom is 0.408 e. The summed E-state index contributed by atoms with van der Waals surface area (Å²) in [5.41, 5.74) is 1.66. The van der Waals surface area contributed by atoms with Gasteiger partial charge in [0.15, 0.2) is 0 Å². The number of amides is 3. The van der Waals surface area contributed by atoms with Gasteiger partial charge in [-0.2, -0.15) is 12.6 Å². The first kappa shape index (κ1) is 32.3. The molecule has 0 aliphatic rings. The molecule has 3 amide bonds. The standard InChI is InChI=1S/C27H43N3O6S/c1-8-10-16-30(25(33)20(17-37)29-26(34)36-27(5,6)7)23(22-18(3)12-11-13-19(22)4)24(32)28-15-14-21(31)35-9-2/h11-13,20,23,37H,8-10,14-17H2,1-7H3,(H,28,32)(H,29,34). The summed E-state index contributed by atoms with van der Waals surface area (Å²) in [6.45, 7) is 13.3. The predicted molar refractivity (Wildman–Crippen MR) is 147 cm³/mol. The molecule has 1 aromatic carbocycles. The van der Waals surface area contributed by atoms with E-state index in [0.29, 0.717) is 18.5 Å². The van der Waals surface area contributed by atoms with Gasteiger partial charge in [-0.25, -0.2) is 4.79 Å². The van der Waals surface area contributed by atoms with Crippen LogP contribution in [0.3, 0.4) is 0 Å². The van der Waals surface area contributed by atoms with Gasteiger partial charge >= 0.3 is 12.1 Å². The molecule has 0 heterocycles. The maximum atomic E-state index is 13.8. The van der Waals surface area contributed by atoms with E-state index in [9.17, 15) is 19.2 Å². The number of esters is 1. The summed E-state index contributed by atoms with van der Waals surface area (Å²) in [5, 5.41) is 5.41. The number of carbonyl (C=O) groups excluding carboxylic acids is 4. The van der Waals surface area contributed by atoms with Gasteiger partial charge < -0.3 is 25.0 Å². The van der Waals surface area contributed by atoms with E-state index >= 15 is 0 Å². The Balaban J connectivity index is 3.39. The summed E-state index contributed by atoms with van der Waals surface area (Å²) in [7, 11) is 0. The molecular formula is C27H43N3O6S. The SMILES string of the molecule is CCCCN(C(=O)C(CS)NC(=O)OC(C)(C)C)C(C(=O)NCCC(=O)OCC)c1c(C)cccc1C. The van der Waals surface area contributed by atoms with Gasteiger partial charge in [-0.15, -0.1) is 0 Å². The van der Waals surface area contributed by atoms with Gasteiger partial charge in [0.1, 0.15) is 17.7 Å². The molecule has 0 spiro atoms. The van der Waals surface area contributed by atoms with Crippen LogP contribution in [0.15, 0.2) is 18.2 Å². The molecule has 0 fully saturated rings. The van der Waals surface area contributed by atoms with Crippen LogP contribution in [-0.2, 0) is 23.9 Å². The third kappa shape index (κ3) is 10.6.